The SMILES string of the molecule is Cc1nc(Nc2cc(Br)ccc2Cl)ccc1C(=O)O. The minimum atomic E-state index is -0.989. The number of nitrogens with one attached hydrogen (secondary N) is 1. The van der Waals surface area contributed by atoms with Gasteiger partial charge in [0.05, 0.1) is 22.0 Å². The van der Waals surface area contributed by atoms with E-state index in [4.69, 9.17) is 16.7 Å². The molecule has 0 unspecified atom stereocenters. The van der Waals surface area contributed by atoms with E-state index in [1.807, 2.05) is 12.1 Å². The Kier molecular flexibility index (Phi) is 4.07. The maximum atomic E-state index is 10.9. The number of aromatic nitrogens is 1. The third-order valence-electron chi connectivity index (χ3n) is 2.51. The van der Waals surface area contributed by atoms with Crippen molar-refractivity contribution >= 4 is 45.0 Å². The molecule has 0 aliphatic carbocycles. The van der Waals surface area contributed by atoms with Crippen LogP contribution < -0.4 is 5.32 Å². The third kappa shape index (κ3) is 3.24. The molecular weight excluding hydrogens is 332 g/mol. The molecule has 1 aromatic heterocycles. The molecule has 2 N–H and O–H groups in total. The van der Waals surface area contributed by atoms with Crippen LogP contribution in [0.25, 0.3) is 0 Å². The Balaban J connectivity index is 2.31. The second-order valence-corrected chi connectivity index (χ2v) is 5.21. The molecule has 6 heteroatoms. The number of carboxylic acids is 1. The molecule has 0 saturated heterocycles. The minimum absolute atomic E-state index is 0.186. The first-order valence-electron chi connectivity index (χ1n) is 5.40. The lowest BCUT2D eigenvalue weighted by molar-refractivity contribution is 0.0695. The number of pyridine rings is 1. The number of halogens is 2. The van der Waals surface area contributed by atoms with E-state index in [9.17, 15) is 4.79 Å². The average molecular weight is 342 g/mol. The van der Waals surface area contributed by atoms with Crippen molar-refractivity contribution in [1.29, 1.82) is 0 Å². The highest BCUT2D eigenvalue weighted by Crippen LogP contribution is 2.28. The van der Waals surface area contributed by atoms with Crippen LogP contribution in [-0.4, -0.2) is 16.1 Å². The van der Waals surface area contributed by atoms with E-state index in [1.54, 1.807) is 19.1 Å². The lowest BCUT2D eigenvalue weighted by atomic mass is 10.2. The number of aromatic carboxylic acids is 1. The zero-order valence-electron chi connectivity index (χ0n) is 9.95. The van der Waals surface area contributed by atoms with E-state index in [2.05, 4.69) is 26.2 Å². The van der Waals surface area contributed by atoms with Crippen molar-refractivity contribution in [3.63, 3.8) is 0 Å². The first-order valence-corrected chi connectivity index (χ1v) is 6.57. The molecule has 0 bridgehead atoms. The van der Waals surface area contributed by atoms with Crippen LogP contribution in [0.1, 0.15) is 16.1 Å². The number of aryl methyl sites for hydroxylation is 1. The van der Waals surface area contributed by atoms with Crippen LogP contribution in [0.15, 0.2) is 34.8 Å². The van der Waals surface area contributed by atoms with Gasteiger partial charge in [-0.2, -0.15) is 0 Å². The normalized spacial score (nSPS) is 10.3. The summed E-state index contributed by atoms with van der Waals surface area (Å²) in [5, 5.41) is 12.6. The van der Waals surface area contributed by atoms with Crippen molar-refractivity contribution in [2.45, 2.75) is 6.92 Å². The molecular formula is C13H10BrClN2O2. The molecule has 4 nitrogen and oxygen atoms in total. The maximum absolute atomic E-state index is 10.9. The Morgan fingerprint density at radius 2 is 2.11 bits per heavy atom. The van der Waals surface area contributed by atoms with E-state index in [1.165, 1.54) is 6.07 Å². The Morgan fingerprint density at radius 1 is 1.37 bits per heavy atom. The van der Waals surface area contributed by atoms with Crippen molar-refractivity contribution in [3.8, 4) is 0 Å². The van der Waals surface area contributed by atoms with E-state index < -0.39 is 5.97 Å². The van der Waals surface area contributed by atoms with Gasteiger partial charge < -0.3 is 10.4 Å². The lowest BCUT2D eigenvalue weighted by Gasteiger charge is -2.09. The Morgan fingerprint density at radius 3 is 2.74 bits per heavy atom. The topological polar surface area (TPSA) is 62.2 Å². The van der Waals surface area contributed by atoms with Crippen LogP contribution in [0.3, 0.4) is 0 Å². The fourth-order valence-electron chi connectivity index (χ4n) is 1.59. The molecule has 2 aromatic rings. The van der Waals surface area contributed by atoms with Gasteiger partial charge in [0.1, 0.15) is 5.82 Å². The Hall–Kier alpha value is -1.59. The summed E-state index contributed by atoms with van der Waals surface area (Å²) >= 11 is 9.42. The van der Waals surface area contributed by atoms with Gasteiger partial charge >= 0.3 is 5.97 Å². The standard InChI is InChI=1S/C13H10BrClN2O2/c1-7-9(13(18)19)3-5-12(16-7)17-11-6-8(14)2-4-10(11)15/h2-6H,1H3,(H,16,17)(H,18,19). The quantitative estimate of drug-likeness (QED) is 0.876. The highest BCUT2D eigenvalue weighted by Gasteiger charge is 2.09. The molecule has 98 valence electrons. The summed E-state index contributed by atoms with van der Waals surface area (Å²) in [4.78, 5) is 15.1. The third-order valence-corrected chi connectivity index (χ3v) is 3.33. The lowest BCUT2D eigenvalue weighted by Crippen LogP contribution is -2.03. The number of hydrogen-bond acceptors (Lipinski definition) is 3. The van der Waals surface area contributed by atoms with E-state index in [-0.39, 0.29) is 5.56 Å². The minimum Gasteiger partial charge on any atom is -0.478 e. The summed E-state index contributed by atoms with van der Waals surface area (Å²) in [5.74, 6) is -0.445. The molecule has 0 fully saturated rings. The van der Waals surface area contributed by atoms with E-state index in [0.717, 1.165) is 4.47 Å². The number of nitrogens with zero attached hydrogens (tertiary/aromatic N) is 1. The largest absolute Gasteiger partial charge is 0.478 e. The van der Waals surface area contributed by atoms with E-state index in [0.29, 0.717) is 22.2 Å². The number of carboxylic acid groups (broad SMARTS) is 1. The fourth-order valence-corrected chi connectivity index (χ4v) is 2.11. The van der Waals surface area contributed by atoms with Gasteiger partial charge in [-0.1, -0.05) is 27.5 Å². The van der Waals surface area contributed by atoms with Crippen molar-refractivity contribution in [3.05, 3.63) is 51.1 Å². The molecule has 0 aliphatic heterocycles. The summed E-state index contributed by atoms with van der Waals surface area (Å²) in [5.41, 5.74) is 1.33. The molecule has 0 saturated carbocycles. The summed E-state index contributed by atoms with van der Waals surface area (Å²) in [7, 11) is 0. The highest BCUT2D eigenvalue weighted by atomic mass is 79.9. The molecule has 2 rings (SSSR count). The zero-order valence-corrected chi connectivity index (χ0v) is 12.3. The number of hydrogen-bond donors (Lipinski definition) is 2. The van der Waals surface area contributed by atoms with Crippen molar-refractivity contribution < 1.29 is 9.90 Å². The summed E-state index contributed by atoms with van der Waals surface area (Å²) in [6.45, 7) is 1.65. The predicted octanol–water partition coefficient (Wildman–Crippen LogP) is 4.25. The molecule has 0 radical (unpaired) electrons. The molecule has 1 aromatic carbocycles. The van der Waals surface area contributed by atoms with Gasteiger partial charge in [-0.3, -0.25) is 0 Å². The summed E-state index contributed by atoms with van der Waals surface area (Å²) in [6.07, 6.45) is 0. The molecule has 19 heavy (non-hydrogen) atoms. The smallest absolute Gasteiger partial charge is 0.337 e. The Bertz CT molecular complexity index is 647. The second kappa shape index (κ2) is 5.59. The number of benzene rings is 1. The first kappa shape index (κ1) is 13.8. The van der Waals surface area contributed by atoms with Crippen molar-refractivity contribution in [1.82, 2.24) is 4.98 Å². The predicted molar refractivity (Wildman–Crippen MR) is 78.4 cm³/mol. The van der Waals surface area contributed by atoms with Gasteiger partial charge in [0.25, 0.3) is 0 Å². The summed E-state index contributed by atoms with van der Waals surface area (Å²) < 4.78 is 0.887. The van der Waals surface area contributed by atoms with Gasteiger partial charge in [0.15, 0.2) is 0 Å². The van der Waals surface area contributed by atoms with Gasteiger partial charge in [0, 0.05) is 4.47 Å². The number of anilines is 2. The second-order valence-electron chi connectivity index (χ2n) is 3.88. The zero-order chi connectivity index (χ0) is 14.0. The van der Waals surface area contributed by atoms with Crippen molar-refractivity contribution in [2.75, 3.05) is 5.32 Å². The molecule has 0 atom stereocenters. The first-order chi connectivity index (χ1) is 8.97. The van der Waals surface area contributed by atoms with Crippen LogP contribution in [0.5, 0.6) is 0 Å². The Labute approximate surface area is 123 Å². The van der Waals surface area contributed by atoms with Crippen LogP contribution in [0.2, 0.25) is 5.02 Å². The molecule has 0 amide bonds. The number of rotatable bonds is 3. The van der Waals surface area contributed by atoms with Crippen molar-refractivity contribution in [2.24, 2.45) is 0 Å². The van der Waals surface area contributed by atoms with Crippen LogP contribution in [0.4, 0.5) is 11.5 Å². The summed E-state index contributed by atoms with van der Waals surface area (Å²) in [6, 6.07) is 8.53. The molecule has 0 aliphatic rings. The van der Waals surface area contributed by atoms with Gasteiger partial charge in [0.2, 0.25) is 0 Å². The van der Waals surface area contributed by atoms with Gasteiger partial charge in [-0.25, -0.2) is 9.78 Å². The fraction of sp³-hybridized carbons (Fsp3) is 0.0769. The van der Waals surface area contributed by atoms with Gasteiger partial charge in [-0.15, -0.1) is 0 Å². The van der Waals surface area contributed by atoms with Crippen LogP contribution in [-0.2, 0) is 0 Å². The van der Waals surface area contributed by atoms with E-state index >= 15 is 0 Å². The highest BCUT2D eigenvalue weighted by molar-refractivity contribution is 9.10. The van der Waals surface area contributed by atoms with Crippen LogP contribution in [0, 0.1) is 6.92 Å². The molecule has 0 spiro atoms. The monoisotopic (exact) mass is 340 g/mol. The molecule has 1 heterocycles. The van der Waals surface area contributed by atoms with Crippen LogP contribution >= 0.6 is 27.5 Å². The average Bonchev–Trinajstić information content (AvgIpc) is 2.33. The number of carbonyl (C=O) groups is 1. The maximum Gasteiger partial charge on any atom is 0.337 e. The van der Waals surface area contributed by atoms with Gasteiger partial charge in [-0.05, 0) is 37.3 Å².